The zero-order valence-corrected chi connectivity index (χ0v) is 22.2. The number of nitrogens with two attached hydrogens (primary N) is 1. The largest absolute Gasteiger partial charge is 0.368 e. The van der Waals surface area contributed by atoms with Crippen molar-refractivity contribution in [2.75, 3.05) is 0 Å². The number of thiophene rings is 1. The molecule has 10 heteroatoms. The predicted molar refractivity (Wildman–Crippen MR) is 151 cm³/mol. The van der Waals surface area contributed by atoms with Gasteiger partial charge in [-0.25, -0.2) is 4.68 Å². The van der Waals surface area contributed by atoms with Crippen LogP contribution in [0.25, 0.3) is 27.5 Å². The van der Waals surface area contributed by atoms with E-state index in [1.165, 1.54) is 11.3 Å². The summed E-state index contributed by atoms with van der Waals surface area (Å²) in [5.74, 6) is -0.980. The molecule has 7 nitrogen and oxygen atoms in total. The Labute approximate surface area is 232 Å². The van der Waals surface area contributed by atoms with Crippen LogP contribution in [0.3, 0.4) is 0 Å². The van der Waals surface area contributed by atoms with Crippen LogP contribution in [0.15, 0.2) is 91.3 Å². The Balaban J connectivity index is 1.46. The molecule has 2 aromatic carbocycles. The van der Waals surface area contributed by atoms with Crippen molar-refractivity contribution in [3.05, 3.63) is 112 Å². The van der Waals surface area contributed by atoms with Crippen LogP contribution in [0.5, 0.6) is 0 Å². The van der Waals surface area contributed by atoms with Crippen molar-refractivity contribution in [1.82, 2.24) is 20.1 Å². The lowest BCUT2D eigenvalue weighted by Crippen LogP contribution is -2.45. The second-order valence-corrected chi connectivity index (χ2v) is 10.3. The number of primary amides is 1. The lowest BCUT2D eigenvalue weighted by Gasteiger charge is -2.15. The molecular formula is C28H21Cl2N5O2S. The molecule has 5 aromatic rings. The first-order valence-corrected chi connectivity index (χ1v) is 13.2. The first-order valence-electron chi connectivity index (χ1n) is 11.6. The molecule has 0 fully saturated rings. The smallest absolute Gasteiger partial charge is 0.262 e. The van der Waals surface area contributed by atoms with E-state index in [1.807, 2.05) is 60.7 Å². The molecule has 38 heavy (non-hydrogen) atoms. The Bertz CT molecular complexity index is 1600. The number of nitrogens with one attached hydrogen (secondary N) is 1. The third-order valence-corrected chi connectivity index (χ3v) is 7.67. The van der Waals surface area contributed by atoms with Crippen molar-refractivity contribution in [2.45, 2.75) is 12.5 Å². The fourth-order valence-corrected chi connectivity index (χ4v) is 5.13. The predicted octanol–water partition coefficient (Wildman–Crippen LogP) is 5.80. The zero-order chi connectivity index (χ0) is 26.6. The quantitative estimate of drug-likeness (QED) is 0.250. The van der Waals surface area contributed by atoms with E-state index in [2.05, 4.69) is 10.3 Å². The van der Waals surface area contributed by atoms with Crippen molar-refractivity contribution in [2.24, 2.45) is 5.73 Å². The molecule has 1 atom stereocenters. The molecule has 0 aliphatic carbocycles. The van der Waals surface area contributed by atoms with Crippen LogP contribution >= 0.6 is 34.5 Å². The van der Waals surface area contributed by atoms with Crippen LogP contribution in [0, 0.1) is 0 Å². The molecule has 0 saturated heterocycles. The molecule has 0 radical (unpaired) electrons. The normalized spacial score (nSPS) is 11.7. The fourth-order valence-electron chi connectivity index (χ4n) is 3.93. The third-order valence-electron chi connectivity index (χ3n) is 5.83. The van der Waals surface area contributed by atoms with Gasteiger partial charge in [0.05, 0.1) is 36.9 Å². The highest BCUT2D eigenvalue weighted by Crippen LogP contribution is 2.34. The van der Waals surface area contributed by atoms with E-state index in [9.17, 15) is 9.59 Å². The number of hydrogen-bond donors (Lipinski definition) is 2. The molecule has 2 amide bonds. The molecular weight excluding hydrogens is 541 g/mol. The topological polar surface area (TPSA) is 103 Å². The highest BCUT2D eigenvalue weighted by molar-refractivity contribution is 7.17. The first kappa shape index (κ1) is 25.7. The van der Waals surface area contributed by atoms with Crippen LogP contribution in [0.4, 0.5) is 0 Å². The minimum atomic E-state index is -0.839. The summed E-state index contributed by atoms with van der Waals surface area (Å²) in [6, 6.07) is 23.1. The van der Waals surface area contributed by atoms with Gasteiger partial charge in [-0.3, -0.25) is 14.6 Å². The molecule has 0 spiro atoms. The number of pyridine rings is 1. The van der Waals surface area contributed by atoms with Crippen LogP contribution in [0.1, 0.15) is 15.2 Å². The van der Waals surface area contributed by atoms with Gasteiger partial charge in [0.25, 0.3) is 5.91 Å². The standard InChI is InChI=1S/C28H21Cl2N5O2S/c29-20-9-8-19(14-21(20)30)35-24(15-22(34-35)18-7-4-12-32-16-18)25-10-11-26(38-25)28(37)33-23(27(31)36)13-17-5-2-1-3-6-17/h1-12,14-16,23H,13H2,(H2,31,36)(H,33,37)/t23-/m0/s1. The number of halogens is 2. The Hall–Kier alpha value is -3.98. The van der Waals surface area contributed by atoms with Gasteiger partial charge < -0.3 is 11.1 Å². The molecule has 0 aliphatic rings. The van der Waals surface area contributed by atoms with Crippen LogP contribution in [-0.4, -0.2) is 32.6 Å². The highest BCUT2D eigenvalue weighted by atomic mass is 35.5. The third kappa shape index (κ3) is 5.62. The van der Waals surface area contributed by atoms with Crippen molar-refractivity contribution < 1.29 is 9.59 Å². The maximum atomic E-state index is 13.1. The van der Waals surface area contributed by atoms with Crippen molar-refractivity contribution in [3.63, 3.8) is 0 Å². The molecule has 3 aromatic heterocycles. The summed E-state index contributed by atoms with van der Waals surface area (Å²) in [5.41, 5.74) is 9.49. The van der Waals surface area contributed by atoms with Gasteiger partial charge in [-0.05, 0) is 54.1 Å². The van der Waals surface area contributed by atoms with Crippen molar-refractivity contribution >= 4 is 46.4 Å². The molecule has 0 unspecified atom stereocenters. The van der Waals surface area contributed by atoms with Crippen molar-refractivity contribution in [1.29, 1.82) is 0 Å². The summed E-state index contributed by atoms with van der Waals surface area (Å²) in [5, 5.41) is 8.40. The number of hydrogen-bond acceptors (Lipinski definition) is 5. The molecule has 190 valence electrons. The first-order chi connectivity index (χ1) is 18.4. The average Bonchev–Trinajstić information content (AvgIpc) is 3.59. The van der Waals surface area contributed by atoms with Gasteiger partial charge in [0.2, 0.25) is 5.91 Å². The number of carbonyl (C=O) groups excluding carboxylic acids is 2. The summed E-state index contributed by atoms with van der Waals surface area (Å²) in [4.78, 5) is 30.6. The minimum Gasteiger partial charge on any atom is -0.368 e. The van der Waals surface area contributed by atoms with E-state index in [1.54, 1.807) is 35.3 Å². The molecule has 3 N–H and O–H groups in total. The second-order valence-electron chi connectivity index (χ2n) is 8.45. The summed E-state index contributed by atoms with van der Waals surface area (Å²) in [7, 11) is 0. The van der Waals surface area contributed by atoms with Gasteiger partial charge in [0.1, 0.15) is 6.04 Å². The Morgan fingerprint density at radius 3 is 2.50 bits per heavy atom. The molecule has 0 bridgehead atoms. The Kier molecular flexibility index (Phi) is 7.55. The lowest BCUT2D eigenvalue weighted by atomic mass is 10.1. The van der Waals surface area contributed by atoms with Crippen LogP contribution < -0.4 is 11.1 Å². The minimum absolute atomic E-state index is 0.304. The van der Waals surface area contributed by atoms with Gasteiger partial charge in [-0.15, -0.1) is 11.3 Å². The summed E-state index contributed by atoms with van der Waals surface area (Å²) >= 11 is 13.7. The summed E-state index contributed by atoms with van der Waals surface area (Å²) in [6.07, 6.45) is 3.73. The van der Waals surface area contributed by atoms with Gasteiger partial charge in [-0.1, -0.05) is 53.5 Å². The van der Waals surface area contributed by atoms with E-state index in [-0.39, 0.29) is 5.91 Å². The molecule has 0 saturated carbocycles. The van der Waals surface area contributed by atoms with Gasteiger partial charge in [-0.2, -0.15) is 5.10 Å². The van der Waals surface area contributed by atoms with Crippen LogP contribution in [0.2, 0.25) is 10.0 Å². The summed E-state index contributed by atoms with van der Waals surface area (Å²) < 4.78 is 1.75. The zero-order valence-electron chi connectivity index (χ0n) is 19.8. The van der Waals surface area contributed by atoms with E-state index in [0.29, 0.717) is 32.7 Å². The monoisotopic (exact) mass is 561 g/mol. The van der Waals surface area contributed by atoms with E-state index in [0.717, 1.165) is 21.7 Å². The van der Waals surface area contributed by atoms with Gasteiger partial charge in [0.15, 0.2) is 0 Å². The maximum absolute atomic E-state index is 13.1. The highest BCUT2D eigenvalue weighted by Gasteiger charge is 2.22. The SMILES string of the molecule is NC(=O)[C@H](Cc1ccccc1)NC(=O)c1ccc(-c2cc(-c3cccnc3)nn2-c2ccc(Cl)c(Cl)c2)s1. The summed E-state index contributed by atoms with van der Waals surface area (Å²) in [6.45, 7) is 0. The lowest BCUT2D eigenvalue weighted by molar-refractivity contribution is -0.119. The molecule has 3 heterocycles. The molecule has 5 rings (SSSR count). The van der Waals surface area contributed by atoms with Gasteiger partial charge in [0, 0.05) is 24.4 Å². The number of benzene rings is 2. The van der Waals surface area contributed by atoms with Gasteiger partial charge >= 0.3 is 0 Å². The number of nitrogens with zero attached hydrogens (tertiary/aromatic N) is 3. The number of aromatic nitrogens is 3. The molecule has 0 aliphatic heterocycles. The maximum Gasteiger partial charge on any atom is 0.262 e. The number of amides is 2. The number of carbonyl (C=O) groups is 2. The van der Waals surface area contributed by atoms with E-state index >= 15 is 0 Å². The van der Waals surface area contributed by atoms with Crippen LogP contribution in [-0.2, 0) is 11.2 Å². The Morgan fingerprint density at radius 2 is 1.79 bits per heavy atom. The van der Waals surface area contributed by atoms with Crippen molar-refractivity contribution in [3.8, 4) is 27.5 Å². The van der Waals surface area contributed by atoms with E-state index in [4.69, 9.17) is 34.0 Å². The number of rotatable bonds is 8. The average molecular weight is 562 g/mol. The Morgan fingerprint density at radius 1 is 0.974 bits per heavy atom. The fraction of sp³-hybridized carbons (Fsp3) is 0.0714. The second kappa shape index (κ2) is 11.2. The van der Waals surface area contributed by atoms with E-state index < -0.39 is 11.9 Å².